The average molecular weight is 309 g/mol. The van der Waals surface area contributed by atoms with Crippen LogP contribution in [0.2, 0.25) is 0 Å². The van der Waals surface area contributed by atoms with E-state index in [4.69, 9.17) is 15.2 Å². The highest BCUT2D eigenvalue weighted by atomic mass is 16.5. The molecule has 3 rings (SSSR count). The van der Waals surface area contributed by atoms with E-state index in [2.05, 4.69) is 9.55 Å². The van der Waals surface area contributed by atoms with E-state index >= 15 is 0 Å². The predicted octanol–water partition coefficient (Wildman–Crippen LogP) is 3.20. The van der Waals surface area contributed by atoms with Crippen LogP contribution in [0.5, 0.6) is 11.5 Å². The summed E-state index contributed by atoms with van der Waals surface area (Å²) in [4.78, 5) is 4.49. The van der Waals surface area contributed by atoms with Crippen molar-refractivity contribution in [3.05, 3.63) is 60.4 Å². The molecule has 0 saturated heterocycles. The third-order valence-corrected chi connectivity index (χ3v) is 3.67. The summed E-state index contributed by atoms with van der Waals surface area (Å²) < 4.78 is 13.0. The maximum Gasteiger partial charge on any atom is 0.147 e. The van der Waals surface area contributed by atoms with Crippen molar-refractivity contribution < 1.29 is 9.47 Å². The van der Waals surface area contributed by atoms with Gasteiger partial charge in [0.15, 0.2) is 0 Å². The van der Waals surface area contributed by atoms with Gasteiger partial charge in [0.1, 0.15) is 22.9 Å². The molecule has 2 N–H and O–H groups in total. The number of benzene rings is 2. The monoisotopic (exact) mass is 309 g/mol. The summed E-state index contributed by atoms with van der Waals surface area (Å²) in [7, 11) is 3.28. The standard InChI is InChI=1S/C18H19N3O2/c1-22-15-7-4-8-16(23-2)17(15)18-20-9-10-21(18)12-13-5-3-6-14(19)11-13/h3-11H,12,19H2,1-2H3. The fraction of sp³-hybridized carbons (Fsp3) is 0.167. The molecule has 1 aromatic heterocycles. The van der Waals surface area contributed by atoms with Gasteiger partial charge in [0.25, 0.3) is 0 Å². The Bertz CT molecular complexity index is 789. The molecule has 0 aliphatic heterocycles. The minimum absolute atomic E-state index is 0.668. The van der Waals surface area contributed by atoms with Crippen LogP contribution in [-0.2, 0) is 6.54 Å². The third kappa shape index (κ3) is 2.99. The third-order valence-electron chi connectivity index (χ3n) is 3.67. The SMILES string of the molecule is COc1cccc(OC)c1-c1nccn1Cc1cccc(N)c1. The predicted molar refractivity (Wildman–Crippen MR) is 90.7 cm³/mol. The first kappa shape index (κ1) is 15.0. The molecule has 0 radical (unpaired) electrons. The lowest BCUT2D eigenvalue weighted by molar-refractivity contribution is 0.396. The summed E-state index contributed by atoms with van der Waals surface area (Å²) in [6.45, 7) is 0.668. The number of hydrogen-bond donors (Lipinski definition) is 1. The van der Waals surface area contributed by atoms with Crippen molar-refractivity contribution in [2.75, 3.05) is 20.0 Å². The number of hydrogen-bond acceptors (Lipinski definition) is 4. The molecule has 0 atom stereocenters. The second kappa shape index (κ2) is 6.44. The Kier molecular flexibility index (Phi) is 4.19. The van der Waals surface area contributed by atoms with Gasteiger partial charge in [-0.3, -0.25) is 0 Å². The van der Waals surface area contributed by atoms with Crippen molar-refractivity contribution in [3.63, 3.8) is 0 Å². The lowest BCUT2D eigenvalue weighted by atomic mass is 10.1. The summed E-state index contributed by atoms with van der Waals surface area (Å²) in [5.41, 5.74) is 8.56. The maximum atomic E-state index is 5.86. The number of nitrogens with zero attached hydrogens (tertiary/aromatic N) is 2. The highest BCUT2D eigenvalue weighted by Gasteiger charge is 2.17. The van der Waals surface area contributed by atoms with Crippen molar-refractivity contribution in [3.8, 4) is 22.9 Å². The van der Waals surface area contributed by atoms with Crippen LogP contribution in [0.25, 0.3) is 11.4 Å². The Morgan fingerprint density at radius 2 is 1.74 bits per heavy atom. The molecule has 0 aliphatic rings. The number of aromatic nitrogens is 2. The average Bonchev–Trinajstić information content (AvgIpc) is 3.01. The van der Waals surface area contributed by atoms with Gasteiger partial charge in [0, 0.05) is 24.6 Å². The molecule has 0 fully saturated rings. The number of ether oxygens (including phenoxy) is 2. The Hall–Kier alpha value is -2.95. The van der Waals surface area contributed by atoms with E-state index < -0.39 is 0 Å². The molecule has 3 aromatic rings. The minimum Gasteiger partial charge on any atom is -0.496 e. The number of rotatable bonds is 5. The molecule has 1 heterocycles. The first-order valence-electron chi connectivity index (χ1n) is 7.30. The summed E-state index contributed by atoms with van der Waals surface area (Å²) in [5.74, 6) is 2.25. The molecule has 5 nitrogen and oxygen atoms in total. The van der Waals surface area contributed by atoms with Crippen molar-refractivity contribution >= 4 is 5.69 Å². The van der Waals surface area contributed by atoms with Gasteiger partial charge in [0.05, 0.1) is 14.2 Å². The molecule has 0 unspecified atom stereocenters. The second-order valence-corrected chi connectivity index (χ2v) is 5.16. The van der Waals surface area contributed by atoms with Gasteiger partial charge in [0.2, 0.25) is 0 Å². The van der Waals surface area contributed by atoms with Crippen molar-refractivity contribution in [2.24, 2.45) is 0 Å². The highest BCUT2D eigenvalue weighted by molar-refractivity contribution is 5.72. The van der Waals surface area contributed by atoms with Gasteiger partial charge in [-0.25, -0.2) is 4.98 Å². The first-order valence-corrected chi connectivity index (χ1v) is 7.30. The quantitative estimate of drug-likeness (QED) is 0.735. The minimum atomic E-state index is 0.668. The lowest BCUT2D eigenvalue weighted by Crippen LogP contribution is -2.04. The van der Waals surface area contributed by atoms with Gasteiger partial charge >= 0.3 is 0 Å². The van der Waals surface area contributed by atoms with Crippen molar-refractivity contribution in [2.45, 2.75) is 6.54 Å². The van der Waals surface area contributed by atoms with Crippen molar-refractivity contribution in [1.82, 2.24) is 9.55 Å². The summed E-state index contributed by atoms with van der Waals surface area (Å²) in [6.07, 6.45) is 3.71. The normalized spacial score (nSPS) is 10.5. The van der Waals surface area contributed by atoms with Gasteiger partial charge in [-0.1, -0.05) is 18.2 Å². The van der Waals surface area contributed by atoms with E-state index in [9.17, 15) is 0 Å². The van der Waals surface area contributed by atoms with E-state index in [0.29, 0.717) is 6.54 Å². The molecule has 0 saturated carbocycles. The Labute approximate surface area is 135 Å². The van der Waals surface area contributed by atoms with Gasteiger partial charge < -0.3 is 19.8 Å². The fourth-order valence-corrected chi connectivity index (χ4v) is 2.62. The number of methoxy groups -OCH3 is 2. The zero-order valence-corrected chi connectivity index (χ0v) is 13.2. The van der Waals surface area contributed by atoms with E-state index in [1.807, 2.05) is 48.7 Å². The fourth-order valence-electron chi connectivity index (χ4n) is 2.62. The van der Waals surface area contributed by atoms with Gasteiger partial charge in [-0.15, -0.1) is 0 Å². The lowest BCUT2D eigenvalue weighted by Gasteiger charge is -2.14. The van der Waals surface area contributed by atoms with Crippen LogP contribution >= 0.6 is 0 Å². The van der Waals surface area contributed by atoms with Gasteiger partial charge in [-0.2, -0.15) is 0 Å². The molecule has 0 bridgehead atoms. The van der Waals surface area contributed by atoms with Crippen LogP contribution < -0.4 is 15.2 Å². The van der Waals surface area contributed by atoms with Crippen LogP contribution in [0.4, 0.5) is 5.69 Å². The van der Waals surface area contributed by atoms with Gasteiger partial charge in [-0.05, 0) is 29.8 Å². The van der Waals surface area contributed by atoms with Crippen LogP contribution in [0.1, 0.15) is 5.56 Å². The van der Waals surface area contributed by atoms with Crippen LogP contribution in [0, 0.1) is 0 Å². The molecule has 0 spiro atoms. The Morgan fingerprint density at radius 1 is 1.04 bits per heavy atom. The zero-order valence-electron chi connectivity index (χ0n) is 13.2. The number of anilines is 1. The largest absolute Gasteiger partial charge is 0.496 e. The maximum absolute atomic E-state index is 5.86. The van der Waals surface area contributed by atoms with Crippen molar-refractivity contribution in [1.29, 1.82) is 0 Å². The molecule has 0 aliphatic carbocycles. The molecular formula is C18H19N3O2. The van der Waals surface area contributed by atoms with Crippen LogP contribution in [0.3, 0.4) is 0 Å². The molecule has 0 amide bonds. The van der Waals surface area contributed by atoms with E-state index in [1.165, 1.54) is 0 Å². The Balaban J connectivity index is 2.05. The number of nitrogen functional groups attached to an aromatic ring is 1. The zero-order chi connectivity index (χ0) is 16.2. The number of imidazole rings is 1. The molecule has 23 heavy (non-hydrogen) atoms. The summed E-state index contributed by atoms with van der Waals surface area (Å²) >= 11 is 0. The highest BCUT2D eigenvalue weighted by Crippen LogP contribution is 2.37. The Morgan fingerprint density at radius 3 is 2.39 bits per heavy atom. The molecular weight excluding hydrogens is 290 g/mol. The smallest absolute Gasteiger partial charge is 0.147 e. The second-order valence-electron chi connectivity index (χ2n) is 5.16. The molecule has 5 heteroatoms. The van der Waals surface area contributed by atoms with E-state index in [-0.39, 0.29) is 0 Å². The van der Waals surface area contributed by atoms with E-state index in [0.717, 1.165) is 34.1 Å². The van der Waals surface area contributed by atoms with E-state index in [1.54, 1.807) is 20.4 Å². The summed E-state index contributed by atoms with van der Waals surface area (Å²) in [6, 6.07) is 13.5. The molecule has 118 valence electrons. The summed E-state index contributed by atoms with van der Waals surface area (Å²) in [5, 5.41) is 0. The topological polar surface area (TPSA) is 62.3 Å². The first-order chi connectivity index (χ1) is 11.2. The van der Waals surface area contributed by atoms with Crippen LogP contribution in [-0.4, -0.2) is 23.8 Å². The van der Waals surface area contributed by atoms with Crippen LogP contribution in [0.15, 0.2) is 54.9 Å². The number of nitrogens with two attached hydrogens (primary N) is 1. The molecule has 2 aromatic carbocycles.